The fraction of sp³-hybridized carbons (Fsp3) is 0.200. The zero-order valence-electron chi connectivity index (χ0n) is 8.62. The Hall–Kier alpha value is -1.27. The van der Waals surface area contributed by atoms with Crippen LogP contribution in [0.25, 0.3) is 0 Å². The number of hydrogen-bond donors (Lipinski definition) is 0. The van der Waals surface area contributed by atoms with E-state index in [1.807, 2.05) is 30.3 Å². The predicted molar refractivity (Wildman–Crippen MR) is 62.3 cm³/mol. The maximum Gasteiger partial charge on any atom is 0.232 e. The van der Waals surface area contributed by atoms with Gasteiger partial charge in [0.2, 0.25) is 14.2 Å². The highest BCUT2D eigenvalue weighted by Crippen LogP contribution is 2.18. The normalized spacial score (nSPS) is 11.6. The lowest BCUT2D eigenvalue weighted by molar-refractivity contribution is 0.600. The number of rotatable bonds is 3. The summed E-state index contributed by atoms with van der Waals surface area (Å²) in [7, 11) is -3.23. The van der Waals surface area contributed by atoms with Gasteiger partial charge in [0.25, 0.3) is 0 Å². The maximum atomic E-state index is 11.2. The number of hydrogen-bond acceptors (Lipinski definition) is 5. The van der Waals surface area contributed by atoms with Crippen molar-refractivity contribution in [2.75, 3.05) is 6.26 Å². The average molecular weight is 254 g/mol. The Kier molecular flexibility index (Phi) is 3.02. The Labute approximate surface area is 97.9 Å². The number of benzene rings is 1. The van der Waals surface area contributed by atoms with Crippen LogP contribution in [-0.4, -0.2) is 24.9 Å². The summed E-state index contributed by atoms with van der Waals surface area (Å²) < 4.78 is 22.5. The van der Waals surface area contributed by atoms with E-state index in [0.717, 1.165) is 23.2 Å². The van der Waals surface area contributed by atoms with Crippen LogP contribution in [0.15, 0.2) is 34.7 Å². The summed E-state index contributed by atoms with van der Waals surface area (Å²) in [6, 6.07) is 9.76. The predicted octanol–water partition coefficient (Wildman–Crippen LogP) is 1.53. The molecule has 0 fully saturated rings. The van der Waals surface area contributed by atoms with Crippen LogP contribution >= 0.6 is 11.3 Å². The van der Waals surface area contributed by atoms with Gasteiger partial charge in [0, 0.05) is 12.7 Å². The van der Waals surface area contributed by atoms with Gasteiger partial charge in [-0.2, -0.15) is 0 Å². The Bertz CT molecular complexity index is 576. The quantitative estimate of drug-likeness (QED) is 0.833. The molecule has 0 aliphatic rings. The van der Waals surface area contributed by atoms with Gasteiger partial charge in [-0.3, -0.25) is 0 Å². The second-order valence-corrected chi connectivity index (χ2v) is 6.65. The summed E-state index contributed by atoms with van der Waals surface area (Å²) in [4.78, 5) is 0. The molecule has 0 radical (unpaired) electrons. The first-order valence-corrected chi connectivity index (χ1v) is 7.33. The third-order valence-corrected chi connectivity index (χ3v) is 4.56. The van der Waals surface area contributed by atoms with Crippen LogP contribution in [-0.2, 0) is 16.3 Å². The molecule has 0 saturated carbocycles. The van der Waals surface area contributed by atoms with E-state index < -0.39 is 9.84 Å². The van der Waals surface area contributed by atoms with E-state index in [9.17, 15) is 8.42 Å². The molecule has 2 rings (SSSR count). The average Bonchev–Trinajstić information content (AvgIpc) is 2.67. The molecule has 1 aromatic heterocycles. The van der Waals surface area contributed by atoms with Crippen molar-refractivity contribution in [3.8, 4) is 0 Å². The first-order chi connectivity index (χ1) is 7.55. The van der Waals surface area contributed by atoms with Crippen LogP contribution in [0.5, 0.6) is 0 Å². The summed E-state index contributed by atoms with van der Waals surface area (Å²) in [5.74, 6) is 0. The highest BCUT2D eigenvalue weighted by atomic mass is 32.2. The van der Waals surface area contributed by atoms with E-state index in [2.05, 4.69) is 10.2 Å². The molecule has 0 aliphatic carbocycles. The van der Waals surface area contributed by atoms with E-state index in [1.54, 1.807) is 0 Å². The van der Waals surface area contributed by atoms with Crippen molar-refractivity contribution in [2.45, 2.75) is 10.8 Å². The highest BCUT2D eigenvalue weighted by molar-refractivity contribution is 7.92. The SMILES string of the molecule is CS(=O)(=O)c1nnc(Cc2ccccc2)s1. The van der Waals surface area contributed by atoms with Gasteiger partial charge >= 0.3 is 0 Å². The Morgan fingerprint density at radius 1 is 1.19 bits per heavy atom. The molecule has 0 atom stereocenters. The van der Waals surface area contributed by atoms with Gasteiger partial charge in [-0.05, 0) is 5.56 Å². The number of aromatic nitrogens is 2. The Morgan fingerprint density at radius 3 is 2.44 bits per heavy atom. The third-order valence-electron chi connectivity index (χ3n) is 1.96. The largest absolute Gasteiger partial charge is 0.232 e. The van der Waals surface area contributed by atoms with E-state index in [1.165, 1.54) is 0 Å². The lowest BCUT2D eigenvalue weighted by atomic mass is 10.2. The van der Waals surface area contributed by atoms with Gasteiger partial charge in [-0.25, -0.2) is 8.42 Å². The molecule has 1 heterocycles. The van der Waals surface area contributed by atoms with Gasteiger partial charge in [-0.1, -0.05) is 41.7 Å². The van der Waals surface area contributed by atoms with Crippen molar-refractivity contribution in [3.63, 3.8) is 0 Å². The minimum absolute atomic E-state index is 0.0819. The molecule has 0 saturated heterocycles. The lowest BCUT2D eigenvalue weighted by Gasteiger charge is -1.94. The Balaban J connectivity index is 2.22. The molecule has 0 spiro atoms. The third kappa shape index (κ3) is 2.65. The molecular formula is C10H10N2O2S2. The summed E-state index contributed by atoms with van der Waals surface area (Å²) in [5, 5.41) is 8.25. The van der Waals surface area contributed by atoms with Crippen LogP contribution < -0.4 is 0 Å². The number of nitrogens with zero attached hydrogens (tertiary/aromatic N) is 2. The van der Waals surface area contributed by atoms with E-state index in [4.69, 9.17) is 0 Å². The van der Waals surface area contributed by atoms with Crippen molar-refractivity contribution in [2.24, 2.45) is 0 Å². The smallest absolute Gasteiger partial charge is 0.221 e. The summed E-state index contributed by atoms with van der Waals surface area (Å²) in [5.41, 5.74) is 1.10. The second-order valence-electron chi connectivity index (χ2n) is 3.40. The van der Waals surface area contributed by atoms with Crippen molar-refractivity contribution >= 4 is 21.2 Å². The fourth-order valence-corrected chi connectivity index (χ4v) is 2.92. The summed E-state index contributed by atoms with van der Waals surface area (Å²) in [6.07, 6.45) is 1.76. The fourth-order valence-electron chi connectivity index (χ4n) is 1.23. The summed E-state index contributed by atoms with van der Waals surface area (Å²) in [6.45, 7) is 0. The van der Waals surface area contributed by atoms with Crippen LogP contribution in [0.3, 0.4) is 0 Å². The number of sulfone groups is 1. The lowest BCUT2D eigenvalue weighted by Crippen LogP contribution is -1.95. The Morgan fingerprint density at radius 2 is 1.88 bits per heavy atom. The van der Waals surface area contributed by atoms with Crippen LogP contribution in [0.4, 0.5) is 0 Å². The molecule has 84 valence electrons. The zero-order chi connectivity index (χ0) is 11.6. The van der Waals surface area contributed by atoms with Crippen molar-refractivity contribution in [1.29, 1.82) is 0 Å². The maximum absolute atomic E-state index is 11.2. The molecular weight excluding hydrogens is 244 g/mol. The minimum atomic E-state index is -3.23. The van der Waals surface area contributed by atoms with Crippen LogP contribution in [0.2, 0.25) is 0 Å². The van der Waals surface area contributed by atoms with Crippen molar-refractivity contribution < 1.29 is 8.42 Å². The van der Waals surface area contributed by atoms with Gasteiger partial charge in [0.05, 0.1) is 0 Å². The molecule has 0 N–H and O–H groups in total. The van der Waals surface area contributed by atoms with Gasteiger partial charge in [0.15, 0.2) is 0 Å². The van der Waals surface area contributed by atoms with Gasteiger partial charge in [-0.15, -0.1) is 10.2 Å². The van der Waals surface area contributed by atoms with E-state index in [-0.39, 0.29) is 4.34 Å². The zero-order valence-corrected chi connectivity index (χ0v) is 10.3. The van der Waals surface area contributed by atoms with E-state index in [0.29, 0.717) is 11.4 Å². The molecule has 6 heteroatoms. The second kappa shape index (κ2) is 4.31. The van der Waals surface area contributed by atoms with Crippen molar-refractivity contribution in [1.82, 2.24) is 10.2 Å². The highest BCUT2D eigenvalue weighted by Gasteiger charge is 2.14. The minimum Gasteiger partial charge on any atom is -0.221 e. The molecule has 16 heavy (non-hydrogen) atoms. The molecule has 1 aromatic carbocycles. The molecule has 2 aromatic rings. The molecule has 0 amide bonds. The van der Waals surface area contributed by atoms with E-state index >= 15 is 0 Å². The van der Waals surface area contributed by atoms with Crippen molar-refractivity contribution in [3.05, 3.63) is 40.9 Å². The van der Waals surface area contributed by atoms with Crippen LogP contribution in [0.1, 0.15) is 10.6 Å². The molecule has 0 aliphatic heterocycles. The molecule has 4 nitrogen and oxygen atoms in total. The standard InChI is InChI=1S/C10H10N2O2S2/c1-16(13,14)10-12-11-9(15-10)7-8-5-3-2-4-6-8/h2-6H,7H2,1H3. The first kappa shape index (κ1) is 11.2. The summed E-state index contributed by atoms with van der Waals surface area (Å²) >= 11 is 1.12. The van der Waals surface area contributed by atoms with Gasteiger partial charge < -0.3 is 0 Å². The van der Waals surface area contributed by atoms with Gasteiger partial charge in [0.1, 0.15) is 5.01 Å². The first-order valence-electron chi connectivity index (χ1n) is 4.62. The molecule has 0 bridgehead atoms. The van der Waals surface area contributed by atoms with Crippen LogP contribution in [0, 0.1) is 0 Å². The topological polar surface area (TPSA) is 59.9 Å². The molecule has 0 unspecified atom stereocenters. The monoisotopic (exact) mass is 254 g/mol.